The van der Waals surface area contributed by atoms with Crippen LogP contribution in [0.3, 0.4) is 0 Å². The monoisotopic (exact) mass is 1270 g/mol. The van der Waals surface area contributed by atoms with Gasteiger partial charge >= 0.3 is 0 Å². The summed E-state index contributed by atoms with van der Waals surface area (Å²) in [5.74, 6) is 0. The zero-order valence-corrected chi connectivity index (χ0v) is 59.7. The lowest BCUT2D eigenvalue weighted by Crippen LogP contribution is -2.56. The van der Waals surface area contributed by atoms with Gasteiger partial charge in [0.1, 0.15) is 5.60 Å². The molecule has 0 radical (unpaired) electrons. The van der Waals surface area contributed by atoms with Crippen molar-refractivity contribution in [3.63, 3.8) is 0 Å². The first-order valence-corrected chi connectivity index (χ1v) is 37.6. The van der Waals surface area contributed by atoms with Crippen molar-refractivity contribution in [3.8, 4) is 44.5 Å². The van der Waals surface area contributed by atoms with Crippen LogP contribution in [-0.4, -0.2) is 20.9 Å². The zero-order valence-electron chi connectivity index (χ0n) is 58.7. The molecule has 1 saturated heterocycles. The van der Waals surface area contributed by atoms with E-state index in [2.05, 4.69) is 374 Å². The predicted molar refractivity (Wildman–Crippen MR) is 409 cm³/mol. The molecule has 0 bridgehead atoms. The van der Waals surface area contributed by atoms with Gasteiger partial charge in [-0.1, -0.05) is 326 Å². The van der Waals surface area contributed by atoms with Crippen molar-refractivity contribution >= 4 is 8.32 Å². The Morgan fingerprint density at radius 3 is 0.740 bits per heavy atom. The van der Waals surface area contributed by atoms with Crippen molar-refractivity contribution in [1.82, 2.24) is 5.32 Å². The molecule has 1 heterocycles. The van der Waals surface area contributed by atoms with Crippen LogP contribution < -0.4 is 5.32 Å². The lowest BCUT2D eigenvalue weighted by molar-refractivity contribution is 0.0562. The molecule has 12 aromatic carbocycles. The molecule has 0 aliphatic carbocycles. The summed E-state index contributed by atoms with van der Waals surface area (Å²) in [5.41, 5.74) is 29.6. The third-order valence-corrected chi connectivity index (χ3v) is 25.9. The van der Waals surface area contributed by atoms with Gasteiger partial charge in [0.05, 0.1) is 10.8 Å². The maximum atomic E-state index is 8.07. The smallest absolute Gasteiger partial charge is 0.193 e. The van der Waals surface area contributed by atoms with Gasteiger partial charge in [0.2, 0.25) is 0 Å². The molecule has 0 spiro atoms. The maximum Gasteiger partial charge on any atom is 0.193 e. The standard InChI is InChI=1S/C93H93NOSi/c1-63-16-36-79(37-17-63)91(80-38-18-64(2)19-39-80,81-40-20-65(3)21-41-81)85-48-28-72(29-49-85)76-60-77(73-30-50-86(51-31-73)92(82-42-22-66(4)23-43-82,83-44-24-67(5)25-45-83)84-46-26-68(6)27-47-84)62-78(61-76)74-34-54-88(55-35-74)93(89-15-14-56-94-89,95-96(12,13)90(9,10)11)87-52-32-71(33-53-87)75-58-69(7)57-70(8)59-75/h16-55,57-62,89,94H,14-15,56H2,1-13H3/t89?,93-/m0/s1. The molecule has 0 amide bonds. The van der Waals surface area contributed by atoms with Gasteiger partial charge in [-0.15, -0.1) is 0 Å². The third-order valence-electron chi connectivity index (χ3n) is 21.4. The van der Waals surface area contributed by atoms with E-state index in [1.54, 1.807) is 0 Å². The van der Waals surface area contributed by atoms with Gasteiger partial charge in [-0.3, -0.25) is 0 Å². The van der Waals surface area contributed by atoms with E-state index < -0.39 is 24.7 Å². The van der Waals surface area contributed by atoms with E-state index in [0.29, 0.717) is 0 Å². The molecule has 3 heteroatoms. The Morgan fingerprint density at radius 1 is 0.281 bits per heavy atom. The highest BCUT2D eigenvalue weighted by Crippen LogP contribution is 2.51. The van der Waals surface area contributed by atoms with Crippen molar-refractivity contribution in [3.05, 3.63) is 379 Å². The van der Waals surface area contributed by atoms with Gasteiger partial charge in [-0.05, 0) is 211 Å². The summed E-state index contributed by atoms with van der Waals surface area (Å²) in [6, 6.07) is 107. The summed E-state index contributed by atoms with van der Waals surface area (Å²) in [4.78, 5) is 0. The summed E-state index contributed by atoms with van der Waals surface area (Å²) in [6.07, 6.45) is 2.11. The lowest BCUT2D eigenvalue weighted by Gasteiger charge is -2.49. The fourth-order valence-corrected chi connectivity index (χ4v) is 16.6. The Kier molecular flexibility index (Phi) is 18.0. The van der Waals surface area contributed by atoms with Gasteiger partial charge in [0.25, 0.3) is 0 Å². The molecule has 0 saturated carbocycles. The van der Waals surface area contributed by atoms with E-state index in [-0.39, 0.29) is 11.1 Å². The molecule has 2 nitrogen and oxygen atoms in total. The van der Waals surface area contributed by atoms with Crippen LogP contribution in [0.2, 0.25) is 18.1 Å². The number of benzene rings is 12. The summed E-state index contributed by atoms with van der Waals surface area (Å²) in [7, 11) is -2.44. The van der Waals surface area contributed by atoms with Gasteiger partial charge < -0.3 is 9.74 Å². The minimum atomic E-state index is -2.44. The second-order valence-corrected chi connectivity index (χ2v) is 34.2. The average Bonchev–Trinajstić information content (AvgIpc) is 0.938. The number of hydrogen-bond acceptors (Lipinski definition) is 2. The summed E-state index contributed by atoms with van der Waals surface area (Å²) in [5, 5.41) is 3.99. The first-order chi connectivity index (χ1) is 46.1. The fraction of sp³-hybridized carbons (Fsp3) is 0.226. The topological polar surface area (TPSA) is 21.3 Å². The Bertz CT molecular complexity index is 4220. The first kappa shape index (κ1) is 65.4. The third kappa shape index (κ3) is 12.4. The van der Waals surface area contributed by atoms with Crippen molar-refractivity contribution in [2.24, 2.45) is 0 Å². The first-order valence-electron chi connectivity index (χ1n) is 34.7. The van der Waals surface area contributed by atoms with Gasteiger partial charge in [-0.2, -0.15) is 0 Å². The number of aryl methyl sites for hydroxylation is 8. The molecule has 1 aliphatic heterocycles. The highest BCUT2D eigenvalue weighted by atomic mass is 28.4. The van der Waals surface area contributed by atoms with E-state index in [9.17, 15) is 0 Å². The van der Waals surface area contributed by atoms with Crippen LogP contribution in [0.15, 0.2) is 279 Å². The quantitative estimate of drug-likeness (QED) is 0.0725. The number of nitrogens with one attached hydrogen (secondary N) is 1. The predicted octanol–water partition coefficient (Wildman–Crippen LogP) is 23.6. The molecular weight excluding hydrogens is 1180 g/mol. The van der Waals surface area contributed by atoms with Crippen LogP contribution in [0.5, 0.6) is 0 Å². The van der Waals surface area contributed by atoms with Gasteiger partial charge in [0.15, 0.2) is 8.32 Å². The van der Waals surface area contributed by atoms with Crippen molar-refractivity contribution in [2.75, 3.05) is 6.54 Å². The molecule has 96 heavy (non-hydrogen) atoms. The molecule has 1 fully saturated rings. The molecule has 1 aliphatic rings. The SMILES string of the molecule is Cc1ccc(C(c2ccc(C)cc2)(c2ccc(C)cc2)c2ccc(-c3cc(-c4ccc(C(c5ccc(C)cc5)(c5ccc(C)cc5)c5ccc(C)cc5)cc4)cc(-c4ccc([C@@](O[Si](C)(C)C(C)(C)C)(c5ccc(-c6cc(C)cc(C)c6)cc5)C5CCCN5)cc4)c3)cc2)cc1. The van der Waals surface area contributed by atoms with Gasteiger partial charge in [-0.25, -0.2) is 0 Å². The largest absolute Gasteiger partial charge is 0.402 e. The average molecular weight is 1270 g/mol. The van der Waals surface area contributed by atoms with Crippen LogP contribution in [0.1, 0.15) is 134 Å². The molecule has 13 rings (SSSR count). The lowest BCUT2D eigenvalue weighted by atomic mass is 9.64. The van der Waals surface area contributed by atoms with Crippen molar-refractivity contribution in [1.29, 1.82) is 0 Å². The molecular formula is C93H93NOSi. The Balaban J connectivity index is 0.988. The van der Waals surface area contributed by atoms with Gasteiger partial charge in [0, 0.05) is 6.04 Å². The minimum absolute atomic E-state index is 0.0317. The molecule has 1 N–H and O–H groups in total. The van der Waals surface area contributed by atoms with E-state index in [1.165, 1.54) is 111 Å². The summed E-state index contributed by atoms with van der Waals surface area (Å²) >= 11 is 0. The van der Waals surface area contributed by atoms with E-state index in [0.717, 1.165) is 52.8 Å². The van der Waals surface area contributed by atoms with Crippen LogP contribution in [0, 0.1) is 55.4 Å². The zero-order chi connectivity index (χ0) is 67.2. The van der Waals surface area contributed by atoms with E-state index in [1.807, 2.05) is 0 Å². The molecule has 12 aromatic rings. The van der Waals surface area contributed by atoms with Crippen LogP contribution >= 0.6 is 0 Å². The highest BCUT2D eigenvalue weighted by molar-refractivity contribution is 6.74. The summed E-state index contributed by atoms with van der Waals surface area (Å²) in [6.45, 7) is 30.4. The molecule has 1 unspecified atom stereocenters. The molecule has 0 aromatic heterocycles. The highest BCUT2D eigenvalue weighted by Gasteiger charge is 2.51. The number of rotatable bonds is 17. The van der Waals surface area contributed by atoms with E-state index in [4.69, 9.17) is 4.43 Å². The minimum Gasteiger partial charge on any atom is -0.402 e. The Hall–Kier alpha value is -9.22. The summed E-state index contributed by atoms with van der Waals surface area (Å²) < 4.78 is 8.07. The second kappa shape index (κ2) is 26.4. The van der Waals surface area contributed by atoms with Crippen molar-refractivity contribution in [2.45, 2.75) is 130 Å². The van der Waals surface area contributed by atoms with Crippen LogP contribution in [-0.2, 0) is 20.9 Å². The molecule has 480 valence electrons. The maximum absolute atomic E-state index is 8.07. The second-order valence-electron chi connectivity index (χ2n) is 29.4. The van der Waals surface area contributed by atoms with E-state index >= 15 is 0 Å². The Labute approximate surface area is 574 Å². The Morgan fingerprint density at radius 2 is 0.510 bits per heavy atom. The normalized spacial score (nSPS) is 14.4. The molecule has 2 atom stereocenters. The van der Waals surface area contributed by atoms with Crippen LogP contribution in [0.25, 0.3) is 44.5 Å². The van der Waals surface area contributed by atoms with Crippen molar-refractivity contribution < 1.29 is 4.43 Å². The number of hydrogen-bond donors (Lipinski definition) is 1. The van der Waals surface area contributed by atoms with Crippen LogP contribution in [0.4, 0.5) is 0 Å². The fourth-order valence-electron chi connectivity index (χ4n) is 15.1.